The molecule has 1 amide bonds. The highest BCUT2D eigenvalue weighted by atomic mass is 16.5. The first kappa shape index (κ1) is 13.1. The third-order valence-corrected chi connectivity index (χ3v) is 3.42. The molecule has 1 fully saturated rings. The molecule has 1 N–H and O–H groups in total. The Morgan fingerprint density at radius 2 is 2.39 bits per heavy atom. The van der Waals surface area contributed by atoms with Crippen molar-refractivity contribution in [2.24, 2.45) is 7.05 Å². The second kappa shape index (κ2) is 5.54. The lowest BCUT2D eigenvalue weighted by Crippen LogP contribution is -2.46. The fraction of sp³-hybridized carbons (Fsp3) is 0.615. The second-order valence-electron chi connectivity index (χ2n) is 4.80. The summed E-state index contributed by atoms with van der Waals surface area (Å²) in [6.07, 6.45) is 0.0917. The molecule has 1 atom stereocenters. The van der Waals surface area contributed by atoms with Gasteiger partial charge in [-0.05, 0) is 19.1 Å². The maximum absolute atomic E-state index is 12.3. The zero-order valence-electron chi connectivity index (χ0n) is 11.3. The smallest absolute Gasteiger partial charge is 0.270 e. The topological polar surface area (TPSA) is 46.5 Å². The normalized spacial score (nSPS) is 19.8. The van der Waals surface area contributed by atoms with Crippen LogP contribution >= 0.6 is 0 Å². The van der Waals surface area contributed by atoms with E-state index in [1.165, 1.54) is 0 Å². The van der Waals surface area contributed by atoms with Crippen molar-refractivity contribution in [1.82, 2.24) is 14.8 Å². The Hall–Kier alpha value is -1.33. The minimum absolute atomic E-state index is 0.0415. The van der Waals surface area contributed by atoms with Crippen molar-refractivity contribution in [3.8, 4) is 0 Å². The monoisotopic (exact) mass is 251 g/mol. The Bertz CT molecular complexity index is 422. The summed E-state index contributed by atoms with van der Waals surface area (Å²) < 4.78 is 7.52. The highest BCUT2D eigenvalue weighted by Gasteiger charge is 2.21. The Labute approximate surface area is 108 Å². The quantitative estimate of drug-likeness (QED) is 0.845. The maximum atomic E-state index is 12.3. The largest absolute Gasteiger partial charge is 0.374 e. The summed E-state index contributed by atoms with van der Waals surface area (Å²) in [4.78, 5) is 14.0. The van der Waals surface area contributed by atoms with E-state index in [0.29, 0.717) is 6.54 Å². The molecule has 0 spiro atoms. The van der Waals surface area contributed by atoms with E-state index in [1.54, 1.807) is 4.90 Å². The van der Waals surface area contributed by atoms with Crippen LogP contribution in [-0.4, -0.2) is 54.8 Å². The summed E-state index contributed by atoms with van der Waals surface area (Å²) in [5.41, 5.74) is 1.81. The Morgan fingerprint density at radius 3 is 2.94 bits per heavy atom. The van der Waals surface area contributed by atoms with E-state index in [0.717, 1.165) is 31.1 Å². The van der Waals surface area contributed by atoms with Crippen molar-refractivity contribution in [3.63, 3.8) is 0 Å². The van der Waals surface area contributed by atoms with Crippen molar-refractivity contribution < 1.29 is 9.53 Å². The average Bonchev–Trinajstić information content (AvgIpc) is 2.70. The average molecular weight is 251 g/mol. The van der Waals surface area contributed by atoms with E-state index in [4.69, 9.17) is 4.74 Å². The lowest BCUT2D eigenvalue weighted by Gasteiger charge is -2.28. The van der Waals surface area contributed by atoms with Crippen LogP contribution in [0.3, 0.4) is 0 Å². The van der Waals surface area contributed by atoms with E-state index in [9.17, 15) is 4.79 Å². The zero-order valence-corrected chi connectivity index (χ0v) is 11.3. The minimum atomic E-state index is 0.0415. The number of likely N-dealkylation sites (N-methyl/N-ethyl adjacent to an activating group) is 1. The zero-order chi connectivity index (χ0) is 13.1. The number of amides is 1. The number of aromatic nitrogens is 1. The molecule has 1 aliphatic heterocycles. The molecule has 0 bridgehead atoms. The molecule has 5 heteroatoms. The maximum Gasteiger partial charge on any atom is 0.270 e. The van der Waals surface area contributed by atoms with Crippen molar-refractivity contribution >= 4 is 5.91 Å². The van der Waals surface area contributed by atoms with Gasteiger partial charge in [0.25, 0.3) is 5.91 Å². The molecule has 0 saturated carbocycles. The van der Waals surface area contributed by atoms with Gasteiger partial charge in [-0.25, -0.2) is 0 Å². The number of morpholine rings is 1. The number of aryl methyl sites for hydroxylation is 1. The molecule has 18 heavy (non-hydrogen) atoms. The van der Waals surface area contributed by atoms with Gasteiger partial charge in [0.15, 0.2) is 0 Å². The molecule has 5 nitrogen and oxygen atoms in total. The van der Waals surface area contributed by atoms with E-state index in [-0.39, 0.29) is 12.0 Å². The first-order chi connectivity index (χ1) is 8.59. The number of rotatable bonds is 3. The predicted molar refractivity (Wildman–Crippen MR) is 69.7 cm³/mol. The fourth-order valence-corrected chi connectivity index (χ4v) is 2.15. The van der Waals surface area contributed by atoms with Crippen molar-refractivity contribution in [3.05, 3.63) is 23.5 Å². The Balaban J connectivity index is 1.98. The first-order valence-corrected chi connectivity index (χ1v) is 6.29. The van der Waals surface area contributed by atoms with Crippen LogP contribution in [0, 0.1) is 6.92 Å². The number of hydrogen-bond acceptors (Lipinski definition) is 3. The van der Waals surface area contributed by atoms with Crippen LogP contribution in [-0.2, 0) is 11.8 Å². The van der Waals surface area contributed by atoms with Crippen molar-refractivity contribution in [2.75, 3.05) is 33.3 Å². The van der Waals surface area contributed by atoms with Crippen LogP contribution in [0.15, 0.2) is 12.1 Å². The van der Waals surface area contributed by atoms with Gasteiger partial charge in [-0.15, -0.1) is 0 Å². The molecule has 2 heterocycles. The van der Waals surface area contributed by atoms with Gasteiger partial charge < -0.3 is 19.5 Å². The lowest BCUT2D eigenvalue weighted by atomic mass is 10.2. The molecule has 1 aromatic heterocycles. The Kier molecular flexibility index (Phi) is 4.04. The van der Waals surface area contributed by atoms with Crippen LogP contribution in [0.4, 0.5) is 0 Å². The summed E-state index contributed by atoms with van der Waals surface area (Å²) >= 11 is 0. The molecular weight excluding hydrogens is 230 g/mol. The summed E-state index contributed by atoms with van der Waals surface area (Å²) in [7, 11) is 3.73. The molecular formula is C13H21N3O2. The summed E-state index contributed by atoms with van der Waals surface area (Å²) in [5, 5.41) is 3.27. The summed E-state index contributed by atoms with van der Waals surface area (Å²) in [6.45, 7) is 5.03. The molecule has 0 aromatic carbocycles. The molecule has 0 radical (unpaired) electrons. The number of hydrogen-bond donors (Lipinski definition) is 1. The van der Waals surface area contributed by atoms with Gasteiger partial charge in [-0.3, -0.25) is 4.79 Å². The van der Waals surface area contributed by atoms with Gasteiger partial charge in [0, 0.05) is 39.4 Å². The molecule has 0 aliphatic carbocycles. The van der Waals surface area contributed by atoms with E-state index in [1.807, 2.05) is 37.7 Å². The first-order valence-electron chi connectivity index (χ1n) is 6.29. The van der Waals surface area contributed by atoms with E-state index >= 15 is 0 Å². The highest BCUT2D eigenvalue weighted by molar-refractivity contribution is 5.92. The SMILES string of the molecule is Cc1ccc(C(=O)N(C)CC2CNCCO2)n1C. The molecule has 1 aromatic rings. The van der Waals surface area contributed by atoms with Gasteiger partial charge in [0.2, 0.25) is 0 Å². The van der Waals surface area contributed by atoms with Crippen molar-refractivity contribution in [1.29, 1.82) is 0 Å². The van der Waals surface area contributed by atoms with Crippen LogP contribution in [0.2, 0.25) is 0 Å². The molecule has 100 valence electrons. The van der Waals surface area contributed by atoms with Crippen LogP contribution in [0.25, 0.3) is 0 Å². The van der Waals surface area contributed by atoms with Gasteiger partial charge in [-0.1, -0.05) is 0 Å². The summed E-state index contributed by atoms with van der Waals surface area (Å²) in [6, 6.07) is 3.83. The number of nitrogens with zero attached hydrogens (tertiary/aromatic N) is 2. The number of nitrogens with one attached hydrogen (secondary N) is 1. The number of carbonyl (C=O) groups excluding carboxylic acids is 1. The third-order valence-electron chi connectivity index (χ3n) is 3.42. The standard InChI is InChI=1S/C13H21N3O2/c1-10-4-5-12(16(10)3)13(17)15(2)9-11-8-14-6-7-18-11/h4-5,11,14H,6-9H2,1-3H3. The third kappa shape index (κ3) is 2.73. The van der Waals surface area contributed by atoms with Crippen LogP contribution in [0.5, 0.6) is 0 Å². The lowest BCUT2D eigenvalue weighted by molar-refractivity contribution is 0.0102. The second-order valence-corrected chi connectivity index (χ2v) is 4.80. The molecule has 2 rings (SSSR count). The van der Waals surface area contributed by atoms with Gasteiger partial charge in [0.1, 0.15) is 5.69 Å². The van der Waals surface area contributed by atoms with Gasteiger partial charge in [0.05, 0.1) is 12.7 Å². The Morgan fingerprint density at radius 1 is 1.61 bits per heavy atom. The molecule has 1 saturated heterocycles. The highest BCUT2D eigenvalue weighted by Crippen LogP contribution is 2.09. The van der Waals surface area contributed by atoms with E-state index in [2.05, 4.69) is 5.32 Å². The fourth-order valence-electron chi connectivity index (χ4n) is 2.15. The number of carbonyl (C=O) groups is 1. The van der Waals surface area contributed by atoms with E-state index < -0.39 is 0 Å². The molecule has 1 unspecified atom stereocenters. The van der Waals surface area contributed by atoms with Gasteiger partial charge in [-0.2, -0.15) is 0 Å². The predicted octanol–water partition coefficient (Wildman–Crippen LogP) is 0.394. The van der Waals surface area contributed by atoms with Crippen molar-refractivity contribution in [2.45, 2.75) is 13.0 Å². The molecule has 1 aliphatic rings. The summed E-state index contributed by atoms with van der Waals surface area (Å²) in [5.74, 6) is 0.0415. The minimum Gasteiger partial charge on any atom is -0.374 e. The van der Waals surface area contributed by atoms with Crippen LogP contribution < -0.4 is 5.32 Å². The van der Waals surface area contributed by atoms with Gasteiger partial charge >= 0.3 is 0 Å². The van der Waals surface area contributed by atoms with Crippen LogP contribution in [0.1, 0.15) is 16.2 Å². The number of ether oxygens (including phenoxy) is 1.